The summed E-state index contributed by atoms with van der Waals surface area (Å²) in [6.45, 7) is 1.46. The van der Waals surface area contributed by atoms with E-state index >= 15 is 0 Å². The van der Waals surface area contributed by atoms with Gasteiger partial charge in [-0.3, -0.25) is 14.5 Å². The molecule has 0 bridgehead atoms. The summed E-state index contributed by atoms with van der Waals surface area (Å²) in [7, 11) is 2.78. The average Bonchev–Trinajstić information content (AvgIpc) is 2.80. The third-order valence-electron chi connectivity index (χ3n) is 3.17. The van der Waals surface area contributed by atoms with Gasteiger partial charge in [0.05, 0.1) is 19.1 Å². The van der Waals surface area contributed by atoms with Crippen molar-refractivity contribution < 1.29 is 23.9 Å². The van der Waals surface area contributed by atoms with Gasteiger partial charge < -0.3 is 9.47 Å². The Bertz CT molecular complexity index is 638. The first-order valence-electron chi connectivity index (χ1n) is 6.47. The zero-order valence-corrected chi connectivity index (χ0v) is 13.2. The van der Waals surface area contributed by atoms with Crippen LogP contribution in [-0.2, 0) is 14.3 Å². The van der Waals surface area contributed by atoms with Gasteiger partial charge in [0.15, 0.2) is 0 Å². The van der Waals surface area contributed by atoms with Crippen molar-refractivity contribution in [3.63, 3.8) is 0 Å². The Labute approximate surface area is 132 Å². The number of thioether (sulfide) groups is 1. The molecule has 0 spiro atoms. The van der Waals surface area contributed by atoms with E-state index in [1.807, 2.05) is 0 Å². The molecule has 1 saturated heterocycles. The summed E-state index contributed by atoms with van der Waals surface area (Å²) < 4.78 is 9.63. The summed E-state index contributed by atoms with van der Waals surface area (Å²) in [4.78, 5) is 36.9. The summed E-state index contributed by atoms with van der Waals surface area (Å²) >= 11 is 0.802. The number of carbonyl (C=O) groups excluding carboxylic acids is 3. The lowest BCUT2D eigenvalue weighted by Gasteiger charge is -2.18. The summed E-state index contributed by atoms with van der Waals surface area (Å²) in [5, 5.41) is -0.484. The number of ether oxygens (including phenoxy) is 2. The molecule has 0 aliphatic carbocycles. The van der Waals surface area contributed by atoms with Gasteiger partial charge in [-0.1, -0.05) is 12.1 Å². The fraction of sp³-hybridized carbons (Fsp3) is 0.267. The first-order valence-corrected chi connectivity index (χ1v) is 7.28. The van der Waals surface area contributed by atoms with Crippen LogP contribution in [-0.4, -0.2) is 42.3 Å². The molecule has 0 N–H and O–H groups in total. The highest BCUT2D eigenvalue weighted by atomic mass is 32.2. The second kappa shape index (κ2) is 6.65. The third-order valence-corrected chi connectivity index (χ3v) is 4.05. The van der Waals surface area contributed by atoms with E-state index < -0.39 is 23.2 Å². The highest BCUT2D eigenvalue weighted by Crippen LogP contribution is 2.33. The number of hydrogen-bond donors (Lipinski definition) is 0. The van der Waals surface area contributed by atoms with Gasteiger partial charge in [0.25, 0.3) is 11.1 Å². The Morgan fingerprint density at radius 2 is 1.86 bits per heavy atom. The van der Waals surface area contributed by atoms with Crippen molar-refractivity contribution in [3.8, 4) is 5.75 Å². The number of imide groups is 1. The zero-order chi connectivity index (χ0) is 16.3. The first-order chi connectivity index (χ1) is 10.5. The topological polar surface area (TPSA) is 72.9 Å². The van der Waals surface area contributed by atoms with Crippen LogP contribution in [0.5, 0.6) is 5.75 Å². The largest absolute Gasteiger partial charge is 0.497 e. The summed E-state index contributed by atoms with van der Waals surface area (Å²) in [5.41, 5.74) is 0.761. The van der Waals surface area contributed by atoms with Crippen LogP contribution >= 0.6 is 11.8 Å². The molecular formula is C15H15NO5S. The molecule has 1 aliphatic rings. The fourth-order valence-electron chi connectivity index (χ4n) is 1.94. The molecule has 1 heterocycles. The Morgan fingerprint density at radius 3 is 2.41 bits per heavy atom. The zero-order valence-electron chi connectivity index (χ0n) is 12.4. The van der Waals surface area contributed by atoms with Crippen LogP contribution in [0.25, 0.3) is 6.08 Å². The van der Waals surface area contributed by atoms with E-state index in [0.29, 0.717) is 5.75 Å². The molecule has 1 aromatic rings. The smallest absolute Gasteiger partial charge is 0.328 e. The Balaban J connectivity index is 2.23. The molecule has 7 heteroatoms. The van der Waals surface area contributed by atoms with Crippen molar-refractivity contribution >= 4 is 35.0 Å². The monoisotopic (exact) mass is 321 g/mol. The van der Waals surface area contributed by atoms with Crippen molar-refractivity contribution in [2.75, 3.05) is 14.2 Å². The number of hydrogen-bond acceptors (Lipinski definition) is 6. The number of benzene rings is 1. The van der Waals surface area contributed by atoms with Crippen LogP contribution < -0.4 is 4.74 Å². The van der Waals surface area contributed by atoms with Gasteiger partial charge in [-0.15, -0.1) is 0 Å². The van der Waals surface area contributed by atoms with Gasteiger partial charge in [0.2, 0.25) is 0 Å². The van der Waals surface area contributed by atoms with Crippen molar-refractivity contribution in [2.24, 2.45) is 0 Å². The maximum atomic E-state index is 12.3. The number of methoxy groups -OCH3 is 2. The minimum atomic E-state index is -0.945. The molecule has 22 heavy (non-hydrogen) atoms. The molecule has 2 rings (SSSR count). The predicted molar refractivity (Wildman–Crippen MR) is 82.3 cm³/mol. The van der Waals surface area contributed by atoms with Crippen molar-refractivity contribution in [1.82, 2.24) is 4.90 Å². The maximum absolute atomic E-state index is 12.3. The number of esters is 1. The summed E-state index contributed by atoms with van der Waals surface area (Å²) in [6.07, 6.45) is 1.61. The van der Waals surface area contributed by atoms with Gasteiger partial charge in [-0.2, -0.15) is 0 Å². The average molecular weight is 321 g/mol. The van der Waals surface area contributed by atoms with Gasteiger partial charge in [0, 0.05) is 0 Å². The highest BCUT2D eigenvalue weighted by Gasteiger charge is 2.41. The third kappa shape index (κ3) is 3.14. The van der Waals surface area contributed by atoms with Crippen LogP contribution in [0.15, 0.2) is 29.2 Å². The van der Waals surface area contributed by atoms with Crippen LogP contribution in [0.1, 0.15) is 12.5 Å². The SMILES string of the molecule is COC(=O)C(C)N1C(=O)S/C(=C/c2ccc(OC)cc2)C1=O. The molecule has 0 aromatic heterocycles. The van der Waals surface area contributed by atoms with Gasteiger partial charge in [-0.25, -0.2) is 4.79 Å². The normalized spacial score (nSPS) is 17.8. The van der Waals surface area contributed by atoms with Crippen LogP contribution in [0, 0.1) is 0 Å². The van der Waals surface area contributed by atoms with Gasteiger partial charge >= 0.3 is 5.97 Å². The molecule has 1 unspecified atom stereocenters. The highest BCUT2D eigenvalue weighted by molar-refractivity contribution is 8.18. The van der Waals surface area contributed by atoms with Crippen molar-refractivity contribution in [1.29, 1.82) is 0 Å². The summed E-state index contributed by atoms with van der Waals surface area (Å²) in [6, 6.07) is 6.12. The standard InChI is InChI=1S/C15H15NO5S/c1-9(14(18)21-3)16-13(17)12(22-15(16)19)8-10-4-6-11(20-2)7-5-10/h4-9H,1-3H3/b12-8+. The molecule has 6 nitrogen and oxygen atoms in total. The minimum absolute atomic E-state index is 0.269. The molecule has 0 saturated carbocycles. The van der Waals surface area contributed by atoms with Crippen LogP contribution in [0.3, 0.4) is 0 Å². The van der Waals surface area contributed by atoms with E-state index in [2.05, 4.69) is 4.74 Å². The predicted octanol–water partition coefficient (Wildman–Crippen LogP) is 2.29. The fourth-order valence-corrected chi connectivity index (χ4v) is 2.85. The second-order valence-corrected chi connectivity index (χ2v) is 5.52. The number of rotatable bonds is 4. The molecule has 1 aliphatic heterocycles. The number of carbonyl (C=O) groups is 3. The lowest BCUT2D eigenvalue weighted by atomic mass is 10.2. The van der Waals surface area contributed by atoms with E-state index in [0.717, 1.165) is 22.2 Å². The minimum Gasteiger partial charge on any atom is -0.497 e. The van der Waals surface area contributed by atoms with E-state index in [9.17, 15) is 14.4 Å². The lowest BCUT2D eigenvalue weighted by Crippen LogP contribution is -2.42. The maximum Gasteiger partial charge on any atom is 0.328 e. The van der Waals surface area contributed by atoms with Gasteiger partial charge in [0.1, 0.15) is 11.8 Å². The number of nitrogens with zero attached hydrogens (tertiary/aromatic N) is 1. The molecule has 0 radical (unpaired) electrons. The van der Waals surface area contributed by atoms with Crippen LogP contribution in [0.4, 0.5) is 4.79 Å². The number of amides is 2. The van der Waals surface area contributed by atoms with E-state index in [4.69, 9.17) is 4.74 Å². The summed E-state index contributed by atoms with van der Waals surface area (Å²) in [5.74, 6) is -0.429. The molecule has 1 fully saturated rings. The van der Waals surface area contributed by atoms with Crippen molar-refractivity contribution in [3.05, 3.63) is 34.7 Å². The molecule has 1 aromatic carbocycles. The van der Waals surface area contributed by atoms with Gasteiger partial charge in [-0.05, 0) is 42.5 Å². The Morgan fingerprint density at radius 1 is 1.23 bits per heavy atom. The lowest BCUT2D eigenvalue weighted by molar-refractivity contribution is -0.148. The Kier molecular flexibility index (Phi) is 4.87. The second-order valence-electron chi connectivity index (χ2n) is 4.52. The first kappa shape index (κ1) is 16.1. The molecule has 2 amide bonds. The van der Waals surface area contributed by atoms with E-state index in [-0.39, 0.29) is 4.91 Å². The van der Waals surface area contributed by atoms with Crippen LogP contribution in [0.2, 0.25) is 0 Å². The molecule has 1 atom stereocenters. The molecular weight excluding hydrogens is 306 g/mol. The van der Waals surface area contributed by atoms with E-state index in [1.54, 1.807) is 37.5 Å². The Hall–Kier alpha value is -2.28. The van der Waals surface area contributed by atoms with Crippen molar-refractivity contribution in [2.45, 2.75) is 13.0 Å². The quantitative estimate of drug-likeness (QED) is 0.626. The van der Waals surface area contributed by atoms with E-state index in [1.165, 1.54) is 14.0 Å². The molecule has 116 valence electrons.